The van der Waals surface area contributed by atoms with E-state index in [4.69, 9.17) is 13.7 Å². The summed E-state index contributed by atoms with van der Waals surface area (Å²) < 4.78 is 33.2. The first kappa shape index (κ1) is 27.3. The lowest BCUT2D eigenvalue weighted by Crippen LogP contribution is -2.41. The number of carbonyl (C=O) groups excluding carboxylic acids is 1. The van der Waals surface area contributed by atoms with Gasteiger partial charge in [0.05, 0.1) is 18.8 Å². The monoisotopic (exact) mass is 531 g/mol. The zero-order valence-electron chi connectivity index (χ0n) is 21.4. The van der Waals surface area contributed by atoms with Crippen molar-refractivity contribution in [2.45, 2.75) is 38.0 Å². The van der Waals surface area contributed by atoms with E-state index in [2.05, 4.69) is 14.9 Å². The van der Waals surface area contributed by atoms with Crippen LogP contribution >= 0.6 is 0 Å². The Kier molecular flexibility index (Phi) is 9.04. The Hall–Kier alpha value is -2.70. The molecule has 2 aromatic carbocycles. The number of nitrogens with zero attached hydrogens (tertiary/aromatic N) is 2. The second-order valence-corrected chi connectivity index (χ2v) is 11.1. The second-order valence-electron chi connectivity index (χ2n) is 9.50. The average molecular weight is 532 g/mol. The number of nitrogens with one attached hydrogen (secondary N) is 3. The van der Waals surface area contributed by atoms with Crippen LogP contribution in [0.15, 0.2) is 42.5 Å². The molecule has 2 aliphatic heterocycles. The number of rotatable bonds is 11. The van der Waals surface area contributed by atoms with Crippen LogP contribution in [0.4, 0.5) is 5.69 Å². The van der Waals surface area contributed by atoms with Crippen LogP contribution in [-0.4, -0.2) is 78.0 Å². The lowest BCUT2D eigenvalue weighted by molar-refractivity contribution is -0.134. The SMILES string of the molecule is CNS(=N)(=O)OCc1ccc(OCC(=O)N(C)C(CN2CC[C@H](O)C2)c2ccccc2)c2c1NCCC2. The lowest BCUT2D eigenvalue weighted by atomic mass is 9.98. The highest BCUT2D eigenvalue weighted by molar-refractivity contribution is 7.85. The number of ether oxygens (including phenoxy) is 1. The molecule has 2 unspecified atom stereocenters. The van der Waals surface area contributed by atoms with Gasteiger partial charge in [-0.3, -0.25) is 13.9 Å². The van der Waals surface area contributed by atoms with Gasteiger partial charge in [-0.05, 0) is 37.9 Å². The lowest BCUT2D eigenvalue weighted by Gasteiger charge is -2.32. The number of β-amino-alcohol motifs (C(OH)–C–C–N with tert-alkyl or cyclic N) is 1. The summed E-state index contributed by atoms with van der Waals surface area (Å²) in [5.41, 5.74) is 3.64. The summed E-state index contributed by atoms with van der Waals surface area (Å²) in [6.07, 6.45) is 2.13. The molecule has 4 rings (SSSR count). The number of carbonyl (C=O) groups is 1. The Balaban J connectivity index is 1.46. The fraction of sp³-hybridized carbons (Fsp3) is 0.500. The number of anilines is 1. The van der Waals surface area contributed by atoms with Crippen molar-refractivity contribution in [2.75, 3.05) is 52.2 Å². The van der Waals surface area contributed by atoms with Gasteiger partial charge in [-0.2, -0.15) is 0 Å². The van der Waals surface area contributed by atoms with E-state index in [9.17, 15) is 14.1 Å². The third-order valence-electron chi connectivity index (χ3n) is 6.99. The van der Waals surface area contributed by atoms with Crippen LogP contribution in [0.2, 0.25) is 0 Å². The van der Waals surface area contributed by atoms with Crippen molar-refractivity contribution in [3.8, 4) is 5.75 Å². The van der Waals surface area contributed by atoms with Gasteiger partial charge >= 0.3 is 0 Å². The van der Waals surface area contributed by atoms with Crippen molar-refractivity contribution in [1.29, 1.82) is 4.78 Å². The first-order chi connectivity index (χ1) is 17.8. The van der Waals surface area contributed by atoms with Gasteiger partial charge in [-0.15, -0.1) is 0 Å². The Morgan fingerprint density at radius 2 is 2.11 bits per heavy atom. The van der Waals surface area contributed by atoms with E-state index in [1.165, 1.54) is 7.05 Å². The van der Waals surface area contributed by atoms with Crippen molar-refractivity contribution in [1.82, 2.24) is 14.5 Å². The van der Waals surface area contributed by atoms with Crippen LogP contribution < -0.4 is 14.8 Å². The Morgan fingerprint density at radius 3 is 2.81 bits per heavy atom. The molecule has 0 saturated carbocycles. The molecule has 37 heavy (non-hydrogen) atoms. The second kappa shape index (κ2) is 12.2. The molecule has 11 heteroatoms. The smallest absolute Gasteiger partial charge is 0.260 e. The molecule has 1 amide bonds. The van der Waals surface area contributed by atoms with E-state index < -0.39 is 10.2 Å². The molecule has 2 heterocycles. The van der Waals surface area contributed by atoms with Crippen LogP contribution in [0.5, 0.6) is 5.75 Å². The van der Waals surface area contributed by atoms with Crippen molar-refractivity contribution in [2.24, 2.45) is 0 Å². The third kappa shape index (κ3) is 6.99. The number of aliphatic hydroxyl groups is 1. The predicted molar refractivity (Wildman–Crippen MR) is 142 cm³/mol. The normalized spacial score (nSPS) is 19.9. The molecule has 0 aliphatic carbocycles. The summed E-state index contributed by atoms with van der Waals surface area (Å²) >= 11 is 0. The molecule has 202 valence electrons. The minimum atomic E-state index is -3.30. The highest BCUT2D eigenvalue weighted by Gasteiger charge is 2.28. The van der Waals surface area contributed by atoms with E-state index in [1.807, 2.05) is 42.5 Å². The van der Waals surface area contributed by atoms with Gasteiger partial charge in [0.2, 0.25) is 10.2 Å². The quantitative estimate of drug-likeness (QED) is 0.350. The van der Waals surface area contributed by atoms with Gasteiger partial charge in [0.15, 0.2) is 6.61 Å². The molecule has 0 radical (unpaired) electrons. The first-order valence-electron chi connectivity index (χ1n) is 12.6. The Bertz CT molecular complexity index is 1180. The summed E-state index contributed by atoms with van der Waals surface area (Å²) in [6, 6.07) is 13.4. The molecule has 0 aromatic heterocycles. The number of fused-ring (bicyclic) bond motifs is 1. The number of amides is 1. The maximum atomic E-state index is 13.3. The molecule has 1 saturated heterocycles. The number of hydrogen-bond acceptors (Lipinski definition) is 8. The van der Waals surface area contributed by atoms with Crippen LogP contribution in [0.1, 0.15) is 35.6 Å². The van der Waals surface area contributed by atoms with Crippen LogP contribution in [0, 0.1) is 4.78 Å². The van der Waals surface area contributed by atoms with Crippen molar-refractivity contribution < 1.29 is 23.0 Å². The van der Waals surface area contributed by atoms with Gasteiger partial charge in [0, 0.05) is 50.0 Å². The maximum absolute atomic E-state index is 13.3. The highest BCUT2D eigenvalue weighted by Crippen LogP contribution is 2.35. The van der Waals surface area contributed by atoms with Crippen molar-refractivity contribution in [3.63, 3.8) is 0 Å². The minimum Gasteiger partial charge on any atom is -0.483 e. The van der Waals surface area contributed by atoms with E-state index in [1.54, 1.807) is 11.9 Å². The minimum absolute atomic E-state index is 0.0183. The summed E-state index contributed by atoms with van der Waals surface area (Å²) in [4.78, 5) is 17.2. The Labute approximate surface area is 219 Å². The first-order valence-corrected chi connectivity index (χ1v) is 14.1. The average Bonchev–Trinajstić information content (AvgIpc) is 3.34. The topological polar surface area (TPSA) is 127 Å². The fourth-order valence-electron chi connectivity index (χ4n) is 4.85. The standard InChI is InChI=1S/C26H37N5O5S/c1-28-37(27,34)36-17-20-10-11-24(22-9-6-13-29-26(20)22)35-18-25(33)30(2)23(19-7-4-3-5-8-19)16-31-14-12-21(32)15-31/h3-5,7-8,10-11,21,23,29,32H,6,9,12-18H2,1-2H3,(H2,27,28,34)/t21-,23?,37?/m0/s1. The molecule has 0 bridgehead atoms. The number of benzene rings is 2. The fourth-order valence-corrected chi connectivity index (χ4v) is 5.26. The molecule has 0 spiro atoms. The molecular formula is C26H37N5O5S. The molecule has 1 fully saturated rings. The van der Waals surface area contributed by atoms with Gasteiger partial charge < -0.3 is 20.1 Å². The third-order valence-corrected chi connectivity index (χ3v) is 7.97. The molecule has 10 nitrogen and oxygen atoms in total. The highest BCUT2D eigenvalue weighted by atomic mass is 32.2. The molecule has 3 atom stereocenters. The number of likely N-dealkylation sites (N-methyl/N-ethyl adjacent to an activating group) is 1. The maximum Gasteiger partial charge on any atom is 0.260 e. The molecule has 2 aromatic rings. The van der Waals surface area contributed by atoms with Crippen LogP contribution in [0.3, 0.4) is 0 Å². The van der Waals surface area contributed by atoms with E-state index in [0.29, 0.717) is 18.8 Å². The Morgan fingerprint density at radius 1 is 1.32 bits per heavy atom. The van der Waals surface area contributed by atoms with E-state index in [0.717, 1.165) is 54.7 Å². The number of likely N-dealkylation sites (tertiary alicyclic amines) is 1. The number of aliphatic hydroxyl groups excluding tert-OH is 1. The van der Waals surface area contributed by atoms with Crippen molar-refractivity contribution in [3.05, 3.63) is 59.2 Å². The van der Waals surface area contributed by atoms with Gasteiger partial charge in [-0.25, -0.2) is 13.7 Å². The van der Waals surface area contributed by atoms with Gasteiger partial charge in [-0.1, -0.05) is 36.4 Å². The summed E-state index contributed by atoms with van der Waals surface area (Å²) in [5, 5.41) is 13.3. The van der Waals surface area contributed by atoms with E-state index >= 15 is 0 Å². The predicted octanol–water partition coefficient (Wildman–Crippen LogP) is 2.30. The van der Waals surface area contributed by atoms with Gasteiger partial charge in [0.25, 0.3) is 5.91 Å². The number of hydrogen-bond donors (Lipinski definition) is 4. The summed E-state index contributed by atoms with van der Waals surface area (Å²) in [6.45, 7) is 2.76. The van der Waals surface area contributed by atoms with Crippen LogP contribution in [-0.2, 0) is 32.2 Å². The van der Waals surface area contributed by atoms with Crippen molar-refractivity contribution >= 4 is 21.8 Å². The molecule has 2 aliphatic rings. The van der Waals surface area contributed by atoms with E-state index in [-0.39, 0.29) is 31.3 Å². The molecular weight excluding hydrogens is 494 g/mol. The summed E-state index contributed by atoms with van der Waals surface area (Å²) in [7, 11) is -0.0844. The zero-order chi connectivity index (χ0) is 26.4. The molecule has 4 N–H and O–H groups in total. The summed E-state index contributed by atoms with van der Waals surface area (Å²) in [5.74, 6) is 0.494. The zero-order valence-corrected chi connectivity index (χ0v) is 22.3. The van der Waals surface area contributed by atoms with Crippen LogP contribution in [0.25, 0.3) is 0 Å². The largest absolute Gasteiger partial charge is 0.483 e. The van der Waals surface area contributed by atoms with Gasteiger partial charge in [0.1, 0.15) is 5.75 Å².